The van der Waals surface area contributed by atoms with Gasteiger partial charge in [0.2, 0.25) is 0 Å². The molecule has 1 aromatic heterocycles. The third-order valence-electron chi connectivity index (χ3n) is 11.7. The molecule has 0 amide bonds. The largest absolute Gasteiger partial charge is 0.497 e. The summed E-state index contributed by atoms with van der Waals surface area (Å²) in [6, 6.07) is 5.90. The number of fused-ring (bicyclic) bond motifs is 6. The van der Waals surface area contributed by atoms with Crippen LogP contribution in [0.5, 0.6) is 5.75 Å². The van der Waals surface area contributed by atoms with Gasteiger partial charge in [-0.05, 0) is 111 Å². The number of aromatic nitrogens is 2. The summed E-state index contributed by atoms with van der Waals surface area (Å²) in [6.45, 7) is 9.73. The summed E-state index contributed by atoms with van der Waals surface area (Å²) in [7, 11) is 1.67. The van der Waals surface area contributed by atoms with Crippen LogP contribution in [-0.4, -0.2) is 33.4 Å². The van der Waals surface area contributed by atoms with Crippen LogP contribution < -0.4 is 4.74 Å². The zero-order valence-corrected chi connectivity index (χ0v) is 22.8. The Bertz CT molecular complexity index is 1170. The van der Waals surface area contributed by atoms with Gasteiger partial charge in [-0.2, -0.15) is 5.10 Å². The lowest BCUT2D eigenvalue weighted by Crippen LogP contribution is -2.55. The van der Waals surface area contributed by atoms with Gasteiger partial charge < -0.3 is 9.84 Å². The average molecular weight is 493 g/mol. The van der Waals surface area contributed by atoms with Crippen molar-refractivity contribution in [3.63, 3.8) is 0 Å². The highest BCUT2D eigenvalue weighted by Crippen LogP contribution is 2.69. The fourth-order valence-corrected chi connectivity index (χ4v) is 9.99. The standard InChI is InChI=1S/C31H44N2O3/c1-19-14-25-23-9-7-21-16-29(2,35)12-13-30(21,3)24(23)10-11-31(25,4)28(19)27(34)18-33-17-20-6-8-22(36-5)15-26(20)32-33/h6,8,15,17,19,21,23-25,28,35H,7,9-14,16,18H2,1-5H3/t19-,21+,23-,24+,25+,28-,29-,30+,31+/m1/s1. The van der Waals surface area contributed by atoms with E-state index in [1.807, 2.05) is 36.0 Å². The fourth-order valence-electron chi connectivity index (χ4n) is 9.99. The molecule has 6 rings (SSSR count). The van der Waals surface area contributed by atoms with Gasteiger partial charge in [-0.15, -0.1) is 0 Å². The molecule has 5 nitrogen and oxygen atoms in total. The van der Waals surface area contributed by atoms with Crippen molar-refractivity contribution in [2.45, 2.75) is 91.2 Å². The molecule has 0 bridgehead atoms. The molecule has 4 aliphatic rings. The predicted molar refractivity (Wildman–Crippen MR) is 142 cm³/mol. The van der Waals surface area contributed by atoms with Crippen molar-refractivity contribution in [2.24, 2.45) is 46.3 Å². The minimum absolute atomic E-state index is 0.0941. The van der Waals surface area contributed by atoms with Crippen molar-refractivity contribution in [3.05, 3.63) is 24.4 Å². The first kappa shape index (κ1) is 24.5. The SMILES string of the molecule is COc1ccc2cn(CC(=O)[C@H]3[C@H](C)C[C@H]4[C@@H]5CC[C@H]6C[C@](C)(O)CC[C@]6(C)[C@H]5CC[C@@]43C)nc2c1. The van der Waals surface area contributed by atoms with Crippen molar-refractivity contribution in [1.29, 1.82) is 0 Å². The summed E-state index contributed by atoms with van der Waals surface area (Å²) in [5.74, 6) is 4.46. The second kappa shape index (κ2) is 8.31. The van der Waals surface area contributed by atoms with E-state index in [2.05, 4.69) is 20.8 Å². The van der Waals surface area contributed by atoms with E-state index in [0.717, 1.165) is 54.2 Å². The minimum Gasteiger partial charge on any atom is -0.497 e. The molecule has 0 radical (unpaired) electrons. The molecule has 9 atom stereocenters. The highest BCUT2D eigenvalue weighted by molar-refractivity contribution is 5.84. The highest BCUT2D eigenvalue weighted by atomic mass is 16.5. The lowest BCUT2D eigenvalue weighted by atomic mass is 9.44. The van der Waals surface area contributed by atoms with Gasteiger partial charge in [-0.25, -0.2) is 0 Å². The number of aliphatic hydroxyl groups is 1. The fraction of sp³-hybridized carbons (Fsp3) is 0.742. The normalized spacial score (nSPS) is 44.1. The minimum atomic E-state index is -0.484. The third-order valence-corrected chi connectivity index (χ3v) is 11.7. The van der Waals surface area contributed by atoms with Gasteiger partial charge in [0.05, 0.1) is 24.8 Å². The number of methoxy groups -OCH3 is 1. The van der Waals surface area contributed by atoms with E-state index in [1.54, 1.807) is 7.11 Å². The van der Waals surface area contributed by atoms with E-state index in [1.165, 1.54) is 25.7 Å². The van der Waals surface area contributed by atoms with Crippen LogP contribution in [0.15, 0.2) is 24.4 Å². The maximum absolute atomic E-state index is 13.9. The smallest absolute Gasteiger partial charge is 0.158 e. The van der Waals surface area contributed by atoms with Gasteiger partial charge in [0.15, 0.2) is 5.78 Å². The first-order valence-corrected chi connectivity index (χ1v) is 14.3. The first-order valence-electron chi connectivity index (χ1n) is 14.3. The van der Waals surface area contributed by atoms with Crippen molar-refractivity contribution < 1.29 is 14.6 Å². The molecule has 4 saturated carbocycles. The van der Waals surface area contributed by atoms with Crippen molar-refractivity contribution >= 4 is 16.7 Å². The molecule has 0 unspecified atom stereocenters. The van der Waals surface area contributed by atoms with Gasteiger partial charge >= 0.3 is 0 Å². The van der Waals surface area contributed by atoms with E-state index in [-0.39, 0.29) is 11.3 Å². The van der Waals surface area contributed by atoms with Gasteiger partial charge in [0.25, 0.3) is 0 Å². The Labute approximate surface area is 216 Å². The molecule has 5 heteroatoms. The van der Waals surface area contributed by atoms with Gasteiger partial charge in [-0.3, -0.25) is 9.48 Å². The van der Waals surface area contributed by atoms with Crippen LogP contribution in [0.3, 0.4) is 0 Å². The summed E-state index contributed by atoms with van der Waals surface area (Å²) in [5, 5.41) is 16.5. The molecular weight excluding hydrogens is 448 g/mol. The van der Waals surface area contributed by atoms with Gasteiger partial charge in [0, 0.05) is 23.6 Å². The van der Waals surface area contributed by atoms with Crippen molar-refractivity contribution in [3.8, 4) is 5.75 Å². The van der Waals surface area contributed by atoms with Crippen molar-refractivity contribution in [2.75, 3.05) is 7.11 Å². The molecule has 4 fully saturated rings. The molecule has 0 saturated heterocycles. The van der Waals surface area contributed by atoms with E-state index in [4.69, 9.17) is 9.84 Å². The second-order valence-electron chi connectivity index (χ2n) is 13.8. The number of benzene rings is 1. The number of carbonyl (C=O) groups excluding carboxylic acids is 1. The van der Waals surface area contributed by atoms with Crippen LogP contribution in [0.25, 0.3) is 10.9 Å². The number of ketones is 1. The maximum atomic E-state index is 13.9. The van der Waals surface area contributed by atoms with Crippen LogP contribution in [0, 0.1) is 46.3 Å². The number of nitrogens with zero attached hydrogens (tertiary/aromatic N) is 2. The summed E-state index contributed by atoms with van der Waals surface area (Å²) < 4.78 is 7.19. The predicted octanol–water partition coefficient (Wildman–Crippen LogP) is 6.27. The number of hydrogen-bond donors (Lipinski definition) is 1. The van der Waals surface area contributed by atoms with E-state index >= 15 is 0 Å². The zero-order valence-electron chi connectivity index (χ0n) is 22.8. The molecule has 0 aliphatic heterocycles. The van der Waals surface area contributed by atoms with Gasteiger partial charge in [-0.1, -0.05) is 20.8 Å². The molecule has 1 N–H and O–H groups in total. The number of hydrogen-bond acceptors (Lipinski definition) is 4. The third kappa shape index (κ3) is 3.67. The monoisotopic (exact) mass is 492 g/mol. The van der Waals surface area contributed by atoms with E-state index < -0.39 is 5.60 Å². The van der Waals surface area contributed by atoms with Crippen molar-refractivity contribution in [1.82, 2.24) is 9.78 Å². The van der Waals surface area contributed by atoms with Crippen LogP contribution in [-0.2, 0) is 11.3 Å². The second-order valence-corrected chi connectivity index (χ2v) is 13.8. The Morgan fingerprint density at radius 1 is 1.11 bits per heavy atom. The van der Waals surface area contributed by atoms with Crippen LogP contribution >= 0.6 is 0 Å². The number of rotatable bonds is 4. The quantitative estimate of drug-likeness (QED) is 0.546. The van der Waals surface area contributed by atoms with Crippen LogP contribution in [0.2, 0.25) is 0 Å². The highest BCUT2D eigenvalue weighted by Gasteiger charge is 2.63. The zero-order chi connectivity index (χ0) is 25.5. The summed E-state index contributed by atoms with van der Waals surface area (Å²) in [5.41, 5.74) is 0.843. The summed E-state index contributed by atoms with van der Waals surface area (Å²) >= 11 is 0. The topological polar surface area (TPSA) is 64.3 Å². The number of Topliss-reactive ketones (excluding diaryl/α,β-unsaturated/α-hetero) is 1. The molecule has 0 spiro atoms. The molecular formula is C31H44N2O3. The summed E-state index contributed by atoms with van der Waals surface area (Å²) in [4.78, 5) is 13.9. The van der Waals surface area contributed by atoms with Crippen LogP contribution in [0.4, 0.5) is 0 Å². The van der Waals surface area contributed by atoms with Gasteiger partial charge in [0.1, 0.15) is 5.75 Å². The molecule has 1 heterocycles. The number of ether oxygens (including phenoxy) is 1. The Balaban J connectivity index is 1.22. The molecule has 36 heavy (non-hydrogen) atoms. The first-order chi connectivity index (χ1) is 17.0. The Morgan fingerprint density at radius 2 is 1.92 bits per heavy atom. The maximum Gasteiger partial charge on any atom is 0.158 e. The molecule has 196 valence electrons. The average Bonchev–Trinajstić information content (AvgIpc) is 3.34. The van der Waals surface area contributed by atoms with Crippen LogP contribution in [0.1, 0.15) is 79.1 Å². The summed E-state index contributed by atoms with van der Waals surface area (Å²) in [6.07, 6.45) is 11.2. The Morgan fingerprint density at radius 3 is 2.69 bits per heavy atom. The van der Waals surface area contributed by atoms with E-state index in [0.29, 0.717) is 35.5 Å². The van der Waals surface area contributed by atoms with E-state index in [9.17, 15) is 9.90 Å². The molecule has 1 aromatic carbocycles. The Kier molecular flexibility index (Phi) is 5.65. The number of carbonyl (C=O) groups is 1. The lowest BCUT2D eigenvalue weighted by molar-refractivity contribution is -0.151. The Hall–Kier alpha value is -1.88. The molecule has 4 aliphatic carbocycles. The molecule has 2 aromatic rings. The lowest BCUT2D eigenvalue weighted by Gasteiger charge is -2.61.